The number of hydrogen-bond acceptors (Lipinski definition) is 0. The molecule has 0 aromatic heterocycles. The summed E-state index contributed by atoms with van der Waals surface area (Å²) in [5, 5.41) is 0. The van der Waals surface area contributed by atoms with E-state index in [-0.39, 0.29) is 0 Å². The van der Waals surface area contributed by atoms with Gasteiger partial charge in [0.05, 0.1) is 0 Å². The highest BCUT2D eigenvalue weighted by Gasteiger charge is 2.22. The smallest absolute Gasteiger partial charge is 0.0153 e. The second-order valence-corrected chi connectivity index (χ2v) is 6.38. The molecule has 0 radical (unpaired) electrons. The highest BCUT2D eigenvalue weighted by molar-refractivity contribution is 5.39. The van der Waals surface area contributed by atoms with Gasteiger partial charge >= 0.3 is 0 Å². The molecule has 1 unspecified atom stereocenters. The van der Waals surface area contributed by atoms with E-state index in [0.29, 0.717) is 0 Å². The van der Waals surface area contributed by atoms with E-state index in [1.165, 1.54) is 44.9 Å². The van der Waals surface area contributed by atoms with Gasteiger partial charge in [-0.15, -0.1) is 0 Å². The standard InChI is InChI=1S/C20H22/c1-2-9-19-16(5-1)11-13-18(19)14-12-17-7-3-6-15-8-4-10-20(15)17/h1-3,5-7,9,18H,4,8,10-14H2. The molecule has 0 saturated heterocycles. The van der Waals surface area contributed by atoms with E-state index in [2.05, 4.69) is 42.5 Å². The molecule has 2 aliphatic carbocycles. The quantitative estimate of drug-likeness (QED) is 0.742. The number of aryl methyl sites for hydroxylation is 3. The van der Waals surface area contributed by atoms with E-state index >= 15 is 0 Å². The first-order valence-electron chi connectivity index (χ1n) is 8.09. The van der Waals surface area contributed by atoms with Crippen LogP contribution in [0.4, 0.5) is 0 Å². The van der Waals surface area contributed by atoms with E-state index in [1.807, 2.05) is 0 Å². The zero-order chi connectivity index (χ0) is 13.4. The lowest BCUT2D eigenvalue weighted by Gasteiger charge is -2.13. The Morgan fingerprint density at radius 1 is 0.850 bits per heavy atom. The fourth-order valence-electron chi connectivity index (χ4n) is 4.21. The van der Waals surface area contributed by atoms with Crippen LogP contribution >= 0.6 is 0 Å². The first-order valence-corrected chi connectivity index (χ1v) is 8.09. The largest absolute Gasteiger partial charge is 0.0620 e. The van der Waals surface area contributed by atoms with Crippen LogP contribution in [0.3, 0.4) is 0 Å². The normalized spacial score (nSPS) is 19.9. The van der Waals surface area contributed by atoms with Crippen LogP contribution in [-0.2, 0) is 25.7 Å². The maximum Gasteiger partial charge on any atom is -0.0153 e. The molecule has 0 nitrogen and oxygen atoms in total. The van der Waals surface area contributed by atoms with Crippen LogP contribution in [0.1, 0.15) is 53.0 Å². The van der Waals surface area contributed by atoms with Crippen LogP contribution in [0.2, 0.25) is 0 Å². The second kappa shape index (κ2) is 5.09. The molecule has 4 rings (SSSR count). The number of benzene rings is 2. The van der Waals surface area contributed by atoms with Crippen molar-refractivity contribution in [3.63, 3.8) is 0 Å². The van der Waals surface area contributed by atoms with E-state index in [4.69, 9.17) is 0 Å². The summed E-state index contributed by atoms with van der Waals surface area (Å²) in [6, 6.07) is 16.0. The molecule has 0 fully saturated rings. The van der Waals surface area contributed by atoms with E-state index in [1.54, 1.807) is 27.8 Å². The van der Waals surface area contributed by atoms with Gasteiger partial charge in [-0.25, -0.2) is 0 Å². The molecular formula is C20H22. The summed E-state index contributed by atoms with van der Waals surface area (Å²) in [6.45, 7) is 0. The maximum atomic E-state index is 2.37. The van der Waals surface area contributed by atoms with Gasteiger partial charge in [0.15, 0.2) is 0 Å². The molecule has 0 heterocycles. The molecule has 0 saturated carbocycles. The molecular weight excluding hydrogens is 240 g/mol. The second-order valence-electron chi connectivity index (χ2n) is 6.38. The Labute approximate surface area is 121 Å². The highest BCUT2D eigenvalue weighted by Crippen LogP contribution is 2.36. The van der Waals surface area contributed by atoms with Gasteiger partial charge in [-0.3, -0.25) is 0 Å². The van der Waals surface area contributed by atoms with E-state index < -0.39 is 0 Å². The van der Waals surface area contributed by atoms with Crippen molar-refractivity contribution in [2.45, 2.75) is 50.9 Å². The molecule has 102 valence electrons. The Morgan fingerprint density at radius 2 is 1.75 bits per heavy atom. The van der Waals surface area contributed by atoms with Crippen molar-refractivity contribution >= 4 is 0 Å². The Bertz CT molecular complexity index is 624. The fraction of sp³-hybridized carbons (Fsp3) is 0.400. The topological polar surface area (TPSA) is 0 Å². The van der Waals surface area contributed by atoms with Crippen molar-refractivity contribution in [2.24, 2.45) is 0 Å². The van der Waals surface area contributed by atoms with Crippen molar-refractivity contribution in [3.05, 3.63) is 70.3 Å². The third-order valence-corrected chi connectivity index (χ3v) is 5.26. The van der Waals surface area contributed by atoms with Gasteiger partial charge in [-0.1, -0.05) is 42.5 Å². The minimum atomic E-state index is 0.795. The first kappa shape index (κ1) is 12.2. The number of fused-ring (bicyclic) bond motifs is 2. The van der Waals surface area contributed by atoms with Crippen LogP contribution in [0.25, 0.3) is 0 Å². The van der Waals surface area contributed by atoms with Gasteiger partial charge in [0.1, 0.15) is 0 Å². The van der Waals surface area contributed by atoms with Crippen LogP contribution in [0, 0.1) is 0 Å². The first-order chi connectivity index (χ1) is 9.92. The highest BCUT2D eigenvalue weighted by atomic mass is 14.3. The Kier molecular flexibility index (Phi) is 3.10. The lowest BCUT2D eigenvalue weighted by molar-refractivity contribution is 0.617. The third-order valence-electron chi connectivity index (χ3n) is 5.26. The predicted molar refractivity (Wildman–Crippen MR) is 84.3 cm³/mol. The van der Waals surface area contributed by atoms with Crippen LogP contribution < -0.4 is 0 Å². The van der Waals surface area contributed by atoms with Crippen molar-refractivity contribution in [3.8, 4) is 0 Å². The van der Waals surface area contributed by atoms with Crippen LogP contribution in [0.15, 0.2) is 42.5 Å². The molecule has 0 heteroatoms. The lowest BCUT2D eigenvalue weighted by atomic mass is 9.91. The molecule has 2 aromatic carbocycles. The summed E-state index contributed by atoms with van der Waals surface area (Å²) in [5.74, 6) is 0.795. The molecule has 0 aliphatic heterocycles. The fourth-order valence-corrected chi connectivity index (χ4v) is 4.21. The summed E-state index contributed by atoms with van der Waals surface area (Å²) in [7, 11) is 0. The zero-order valence-electron chi connectivity index (χ0n) is 12.1. The maximum absolute atomic E-state index is 2.37. The molecule has 1 atom stereocenters. The Morgan fingerprint density at radius 3 is 2.75 bits per heavy atom. The molecule has 0 spiro atoms. The van der Waals surface area contributed by atoms with Crippen molar-refractivity contribution < 1.29 is 0 Å². The molecule has 2 aliphatic rings. The SMILES string of the molecule is c1ccc2c(c1)CCC2CCc1cccc2c1CCC2. The lowest BCUT2D eigenvalue weighted by Crippen LogP contribution is -1.99. The number of hydrogen-bond donors (Lipinski definition) is 0. The summed E-state index contributed by atoms with van der Waals surface area (Å²) >= 11 is 0. The van der Waals surface area contributed by atoms with Crippen LogP contribution in [0.5, 0.6) is 0 Å². The minimum absolute atomic E-state index is 0.795. The van der Waals surface area contributed by atoms with Crippen molar-refractivity contribution in [1.82, 2.24) is 0 Å². The van der Waals surface area contributed by atoms with Gasteiger partial charge in [-0.05, 0) is 78.7 Å². The average molecular weight is 262 g/mol. The molecule has 0 bridgehead atoms. The molecule has 20 heavy (non-hydrogen) atoms. The Balaban J connectivity index is 1.51. The minimum Gasteiger partial charge on any atom is -0.0620 e. The van der Waals surface area contributed by atoms with Gasteiger partial charge in [0.2, 0.25) is 0 Å². The predicted octanol–water partition coefficient (Wildman–Crippen LogP) is 4.84. The van der Waals surface area contributed by atoms with Gasteiger partial charge in [0.25, 0.3) is 0 Å². The van der Waals surface area contributed by atoms with E-state index in [9.17, 15) is 0 Å². The summed E-state index contributed by atoms with van der Waals surface area (Å²) in [6.07, 6.45) is 9.21. The monoisotopic (exact) mass is 262 g/mol. The average Bonchev–Trinajstić information content (AvgIpc) is 3.12. The summed E-state index contributed by atoms with van der Waals surface area (Å²) < 4.78 is 0. The summed E-state index contributed by atoms with van der Waals surface area (Å²) in [5.41, 5.74) is 8.15. The van der Waals surface area contributed by atoms with Gasteiger partial charge < -0.3 is 0 Å². The van der Waals surface area contributed by atoms with Gasteiger partial charge in [-0.2, -0.15) is 0 Å². The number of rotatable bonds is 3. The van der Waals surface area contributed by atoms with Crippen molar-refractivity contribution in [1.29, 1.82) is 0 Å². The molecule has 2 aromatic rings. The third kappa shape index (κ3) is 2.08. The molecule has 0 N–H and O–H groups in total. The van der Waals surface area contributed by atoms with Gasteiger partial charge in [0, 0.05) is 0 Å². The zero-order valence-corrected chi connectivity index (χ0v) is 12.1. The van der Waals surface area contributed by atoms with Crippen LogP contribution in [-0.4, -0.2) is 0 Å². The van der Waals surface area contributed by atoms with Crippen molar-refractivity contribution in [2.75, 3.05) is 0 Å². The summed E-state index contributed by atoms with van der Waals surface area (Å²) in [4.78, 5) is 0. The Hall–Kier alpha value is -1.56. The van der Waals surface area contributed by atoms with E-state index in [0.717, 1.165) is 5.92 Å². The molecule has 0 amide bonds.